The largest absolute Gasteiger partial charge is 0.468 e. The van der Waals surface area contributed by atoms with Crippen LogP contribution in [0.25, 0.3) is 0 Å². The highest BCUT2D eigenvalue weighted by Gasteiger charge is 2.22. The average molecular weight is 195 g/mol. The number of ketones is 1. The molecule has 1 unspecified atom stereocenters. The Morgan fingerprint density at radius 2 is 2.36 bits per heavy atom. The smallest absolute Gasteiger partial charge is 0.322 e. The molecule has 1 rings (SSSR count). The van der Waals surface area contributed by atoms with E-state index in [2.05, 4.69) is 4.74 Å². The highest BCUT2D eigenvalue weighted by Crippen LogP contribution is 2.14. The van der Waals surface area contributed by atoms with Crippen LogP contribution in [0.1, 0.15) is 6.42 Å². The normalized spacial score (nSPS) is 22.1. The molecule has 2 N–H and O–H groups in total. The van der Waals surface area contributed by atoms with Gasteiger partial charge < -0.3 is 10.5 Å². The van der Waals surface area contributed by atoms with Crippen molar-refractivity contribution < 1.29 is 14.3 Å². The van der Waals surface area contributed by atoms with Crippen LogP contribution in [0.4, 0.5) is 0 Å². The van der Waals surface area contributed by atoms with Crippen LogP contribution in [0.3, 0.4) is 0 Å². The van der Waals surface area contributed by atoms with E-state index in [1.54, 1.807) is 18.2 Å². The van der Waals surface area contributed by atoms with Gasteiger partial charge in [-0.2, -0.15) is 0 Å². The van der Waals surface area contributed by atoms with Crippen LogP contribution in [0.15, 0.2) is 24.3 Å². The SMILES string of the molecule is COC(=O)[C@@H](N)CC1C=CC=CC1=O. The monoisotopic (exact) mass is 195 g/mol. The van der Waals surface area contributed by atoms with Crippen LogP contribution in [0, 0.1) is 5.92 Å². The maximum Gasteiger partial charge on any atom is 0.322 e. The van der Waals surface area contributed by atoms with E-state index in [1.807, 2.05) is 0 Å². The Morgan fingerprint density at radius 3 is 2.93 bits per heavy atom. The summed E-state index contributed by atoms with van der Waals surface area (Å²) in [6.07, 6.45) is 6.96. The Bertz CT molecular complexity index is 294. The first-order valence-electron chi connectivity index (χ1n) is 4.37. The average Bonchev–Trinajstić information content (AvgIpc) is 2.20. The van der Waals surface area contributed by atoms with E-state index in [1.165, 1.54) is 13.2 Å². The Balaban J connectivity index is 2.52. The van der Waals surface area contributed by atoms with Gasteiger partial charge in [0.15, 0.2) is 5.78 Å². The molecule has 76 valence electrons. The topological polar surface area (TPSA) is 69.4 Å². The van der Waals surface area contributed by atoms with Crippen LogP contribution in [-0.2, 0) is 14.3 Å². The van der Waals surface area contributed by atoms with Crippen molar-refractivity contribution in [1.29, 1.82) is 0 Å². The van der Waals surface area contributed by atoms with Crippen LogP contribution >= 0.6 is 0 Å². The molecule has 4 heteroatoms. The first-order chi connectivity index (χ1) is 6.65. The number of methoxy groups -OCH3 is 1. The summed E-state index contributed by atoms with van der Waals surface area (Å²) in [6, 6.07) is -0.731. The maximum atomic E-state index is 11.3. The number of ether oxygens (including phenoxy) is 1. The van der Waals surface area contributed by atoms with Crippen molar-refractivity contribution in [1.82, 2.24) is 0 Å². The van der Waals surface area contributed by atoms with E-state index in [4.69, 9.17) is 5.73 Å². The number of allylic oxidation sites excluding steroid dienone is 4. The maximum absolute atomic E-state index is 11.3. The lowest BCUT2D eigenvalue weighted by Gasteiger charge is -2.15. The van der Waals surface area contributed by atoms with Gasteiger partial charge in [-0.05, 0) is 12.5 Å². The number of carbonyl (C=O) groups is 2. The molecule has 0 aromatic carbocycles. The molecule has 0 aromatic rings. The van der Waals surface area contributed by atoms with Gasteiger partial charge >= 0.3 is 5.97 Å². The summed E-state index contributed by atoms with van der Waals surface area (Å²) >= 11 is 0. The van der Waals surface area contributed by atoms with Crippen molar-refractivity contribution in [3.8, 4) is 0 Å². The summed E-state index contributed by atoms with van der Waals surface area (Å²) in [4.78, 5) is 22.3. The van der Waals surface area contributed by atoms with Crippen LogP contribution in [-0.4, -0.2) is 24.9 Å². The summed E-state index contributed by atoms with van der Waals surface area (Å²) in [5, 5.41) is 0. The van der Waals surface area contributed by atoms with Crippen LogP contribution in [0.2, 0.25) is 0 Å². The minimum absolute atomic E-state index is 0.0214. The third kappa shape index (κ3) is 2.53. The van der Waals surface area contributed by atoms with Gasteiger partial charge in [0.05, 0.1) is 7.11 Å². The van der Waals surface area contributed by atoms with Gasteiger partial charge in [-0.3, -0.25) is 9.59 Å². The molecule has 0 saturated carbocycles. The molecule has 2 atom stereocenters. The van der Waals surface area contributed by atoms with Gasteiger partial charge in [-0.25, -0.2) is 0 Å². The molecule has 0 aromatic heterocycles. The highest BCUT2D eigenvalue weighted by molar-refractivity contribution is 5.94. The first kappa shape index (κ1) is 10.7. The van der Waals surface area contributed by atoms with E-state index < -0.39 is 12.0 Å². The second-order valence-corrected chi connectivity index (χ2v) is 3.12. The molecule has 1 aliphatic carbocycles. The number of rotatable bonds is 3. The molecule has 0 heterocycles. The van der Waals surface area contributed by atoms with E-state index in [-0.39, 0.29) is 11.7 Å². The summed E-state index contributed by atoms with van der Waals surface area (Å²) in [5.41, 5.74) is 5.54. The van der Waals surface area contributed by atoms with Crippen molar-refractivity contribution in [2.24, 2.45) is 11.7 Å². The zero-order valence-electron chi connectivity index (χ0n) is 7.97. The fourth-order valence-electron chi connectivity index (χ4n) is 1.28. The predicted octanol–water partition coefficient (Wildman–Crippen LogP) is 0.188. The highest BCUT2D eigenvalue weighted by atomic mass is 16.5. The Hall–Kier alpha value is -1.42. The number of carbonyl (C=O) groups excluding carboxylic acids is 2. The molecule has 0 spiro atoms. The van der Waals surface area contributed by atoms with Gasteiger partial charge in [0, 0.05) is 5.92 Å². The zero-order valence-corrected chi connectivity index (χ0v) is 7.97. The third-order valence-electron chi connectivity index (χ3n) is 2.09. The Labute approximate surface area is 82.4 Å². The van der Waals surface area contributed by atoms with Crippen molar-refractivity contribution in [2.45, 2.75) is 12.5 Å². The minimum atomic E-state index is -0.731. The predicted molar refractivity (Wildman–Crippen MR) is 51.4 cm³/mol. The molecule has 0 bridgehead atoms. The molecular weight excluding hydrogens is 182 g/mol. The lowest BCUT2D eigenvalue weighted by atomic mass is 9.92. The summed E-state index contributed by atoms with van der Waals surface area (Å²) < 4.78 is 4.47. The molecule has 0 amide bonds. The van der Waals surface area contributed by atoms with E-state index in [9.17, 15) is 9.59 Å². The standard InChI is InChI=1S/C10H13NO3/c1-14-10(13)8(11)6-7-4-2-3-5-9(7)12/h2-5,7-8H,6,11H2,1H3/t7?,8-/m0/s1. The summed E-state index contributed by atoms with van der Waals surface area (Å²) in [6.45, 7) is 0. The third-order valence-corrected chi connectivity index (χ3v) is 2.09. The van der Waals surface area contributed by atoms with Crippen molar-refractivity contribution in [3.63, 3.8) is 0 Å². The molecule has 0 radical (unpaired) electrons. The number of esters is 1. The van der Waals surface area contributed by atoms with Crippen LogP contribution in [0.5, 0.6) is 0 Å². The van der Waals surface area contributed by atoms with Gasteiger partial charge in [0.2, 0.25) is 0 Å². The van der Waals surface area contributed by atoms with Crippen molar-refractivity contribution in [3.05, 3.63) is 24.3 Å². The second kappa shape index (κ2) is 4.72. The lowest BCUT2D eigenvalue weighted by Crippen LogP contribution is -2.35. The zero-order chi connectivity index (χ0) is 10.6. The van der Waals surface area contributed by atoms with Crippen LogP contribution < -0.4 is 5.73 Å². The molecule has 1 aliphatic rings. The second-order valence-electron chi connectivity index (χ2n) is 3.12. The quantitative estimate of drug-likeness (QED) is 0.652. The molecule has 14 heavy (non-hydrogen) atoms. The fourth-order valence-corrected chi connectivity index (χ4v) is 1.28. The molecule has 0 saturated heterocycles. The molecule has 0 fully saturated rings. The molecular formula is C10H13NO3. The number of nitrogens with two attached hydrogens (primary N) is 1. The van der Waals surface area contributed by atoms with Gasteiger partial charge in [-0.15, -0.1) is 0 Å². The van der Waals surface area contributed by atoms with Crippen molar-refractivity contribution in [2.75, 3.05) is 7.11 Å². The van der Waals surface area contributed by atoms with Crippen molar-refractivity contribution >= 4 is 11.8 Å². The van der Waals surface area contributed by atoms with E-state index in [0.29, 0.717) is 6.42 Å². The molecule has 0 aliphatic heterocycles. The fraction of sp³-hybridized carbons (Fsp3) is 0.400. The Morgan fingerprint density at radius 1 is 1.64 bits per heavy atom. The lowest BCUT2D eigenvalue weighted by molar-refractivity contribution is -0.142. The van der Waals surface area contributed by atoms with E-state index >= 15 is 0 Å². The minimum Gasteiger partial charge on any atom is -0.468 e. The molecule has 4 nitrogen and oxygen atoms in total. The summed E-state index contributed by atoms with van der Waals surface area (Å²) in [5.74, 6) is -0.804. The van der Waals surface area contributed by atoms with Gasteiger partial charge in [0.1, 0.15) is 6.04 Å². The Kier molecular flexibility index (Phi) is 3.59. The number of hydrogen-bond acceptors (Lipinski definition) is 4. The first-order valence-corrected chi connectivity index (χ1v) is 4.37. The number of hydrogen-bond donors (Lipinski definition) is 1. The summed E-state index contributed by atoms with van der Waals surface area (Å²) in [7, 11) is 1.28. The van der Waals surface area contributed by atoms with E-state index in [0.717, 1.165) is 0 Å². The van der Waals surface area contributed by atoms with Gasteiger partial charge in [-0.1, -0.05) is 18.2 Å². The van der Waals surface area contributed by atoms with Gasteiger partial charge in [0.25, 0.3) is 0 Å².